The molecule has 64 heavy (non-hydrogen) atoms. The van der Waals surface area contributed by atoms with E-state index in [1.165, 1.54) is 0 Å². The van der Waals surface area contributed by atoms with Crippen LogP contribution >= 0.6 is 0 Å². The average Bonchev–Trinajstić information content (AvgIpc) is 4.17. The van der Waals surface area contributed by atoms with E-state index in [9.17, 15) is 0 Å². The second-order valence-electron chi connectivity index (χ2n) is 12.7. The molecule has 316 valence electrons. The van der Waals surface area contributed by atoms with Gasteiger partial charge in [-0.15, -0.1) is 70.2 Å². The van der Waals surface area contributed by atoms with Crippen molar-refractivity contribution in [3.63, 3.8) is 0 Å². The summed E-state index contributed by atoms with van der Waals surface area (Å²) in [5, 5.41) is 0. The minimum absolute atomic E-state index is 0. The van der Waals surface area contributed by atoms with Gasteiger partial charge < -0.3 is 0 Å². The van der Waals surface area contributed by atoms with Crippen LogP contribution in [0, 0.1) is 47.4 Å². The van der Waals surface area contributed by atoms with Crippen LogP contribution in [0.15, 0.2) is 267 Å². The summed E-state index contributed by atoms with van der Waals surface area (Å²) in [5.41, 5.74) is 8.20. The molecule has 0 nitrogen and oxygen atoms in total. The average molecular weight is 988 g/mol. The smallest absolute Gasteiger partial charge is 0.214 e. The van der Waals surface area contributed by atoms with Crippen molar-refractivity contribution < 1.29 is 68.3 Å². The van der Waals surface area contributed by atoms with E-state index in [0.29, 0.717) is 0 Å². The van der Waals surface area contributed by atoms with Gasteiger partial charge in [-0.05, 0) is 48.5 Å². The van der Waals surface area contributed by atoms with Crippen LogP contribution in [-0.4, -0.2) is 0 Å². The van der Waals surface area contributed by atoms with Crippen molar-refractivity contribution in [3.8, 4) is 47.4 Å². The molecule has 0 amide bonds. The first-order valence-corrected chi connectivity index (χ1v) is 19.6. The summed E-state index contributed by atoms with van der Waals surface area (Å²) in [4.78, 5) is 0. The zero-order valence-corrected chi connectivity index (χ0v) is 39.2. The Morgan fingerprint density at radius 1 is 0.203 bits per heavy atom. The maximum absolute atomic E-state index is 3.15. The Balaban J connectivity index is 0.000000428. The van der Waals surface area contributed by atoms with Gasteiger partial charge in [-0.3, -0.25) is 0 Å². The first-order valence-electron chi connectivity index (χ1n) is 19.6. The molecule has 0 fully saturated rings. The Kier molecular flexibility index (Phi) is 31.3. The van der Waals surface area contributed by atoms with Gasteiger partial charge in [0.2, 0.25) is 0 Å². The first-order chi connectivity index (χ1) is 29.8. The molecule has 10 rings (SSSR count). The molecule has 0 saturated carbocycles. The molecule has 0 spiro atoms. The van der Waals surface area contributed by atoms with Gasteiger partial charge in [-0.1, -0.05) is 0 Å². The second kappa shape index (κ2) is 36.1. The molecule has 0 N–H and O–H groups in total. The normalized spacial score (nSPS) is 8.25. The third kappa shape index (κ3) is 24.9. The molecule has 0 aliphatic rings. The summed E-state index contributed by atoms with van der Waals surface area (Å²) >= 11 is 0. The number of hydrogen-bond acceptors (Lipinski definition) is 0. The van der Waals surface area contributed by atoms with Crippen molar-refractivity contribution in [2.24, 2.45) is 0 Å². The van der Waals surface area contributed by atoms with Gasteiger partial charge in [-0.25, -0.2) is 48.5 Å². The molecule has 0 aliphatic heterocycles. The topological polar surface area (TPSA) is 0 Å². The van der Waals surface area contributed by atoms with E-state index >= 15 is 0 Å². The van der Waals surface area contributed by atoms with Gasteiger partial charge in [0.15, 0.2) is 0 Å². The number of benzene rings is 2. The quantitative estimate of drug-likeness (QED) is 0.0807. The Labute approximate surface area is 423 Å². The van der Waals surface area contributed by atoms with E-state index in [2.05, 4.69) is 47.4 Å². The van der Waals surface area contributed by atoms with Gasteiger partial charge in [0.25, 0.3) is 0 Å². The Morgan fingerprint density at radius 3 is 0.516 bits per heavy atom. The fraction of sp³-hybridized carbons (Fsp3) is 0. The predicted octanol–water partition coefficient (Wildman–Crippen LogP) is 13.5. The van der Waals surface area contributed by atoms with Gasteiger partial charge in [0.1, 0.15) is 0 Å². The predicted molar refractivity (Wildman–Crippen MR) is 253 cm³/mol. The van der Waals surface area contributed by atoms with Gasteiger partial charge in [0.05, 0.1) is 0 Å². The van der Waals surface area contributed by atoms with Crippen molar-refractivity contribution >= 4 is 0 Å². The van der Waals surface area contributed by atoms with E-state index in [1.54, 1.807) is 0 Å². The van der Waals surface area contributed by atoms with Crippen molar-refractivity contribution in [1.82, 2.24) is 0 Å². The molecule has 0 aromatic heterocycles. The van der Waals surface area contributed by atoms with Crippen LogP contribution in [0.25, 0.3) is 0 Å². The first kappa shape index (κ1) is 55.6. The number of rotatable bonds is 0. The summed E-state index contributed by atoms with van der Waals surface area (Å²) in [6.07, 6.45) is 0. The van der Waals surface area contributed by atoms with Crippen molar-refractivity contribution in [3.05, 3.63) is 311 Å². The summed E-state index contributed by atoms with van der Waals surface area (Å²) in [6.45, 7) is 0. The molecule has 0 unspecified atom stereocenters. The van der Waals surface area contributed by atoms with E-state index in [-0.39, 0.29) is 68.3 Å². The maximum atomic E-state index is 3.15. The molecule has 0 aliphatic carbocycles. The molecule has 10 aromatic rings. The molecule has 10 aromatic carbocycles. The SMILES string of the molecule is C(#Cc1ccc[cH-]1)c1ccc(C#Cc2ccc[cH-]2)cc1.C(#Cc1ccc[cH-]1)c1ccc(C#Cc2ccc[cH-]2)cc1.[Fe+2].[Fe+2].[Fe+2].[Fe+2].c1cc[cH-]c1.c1cc[cH-]c1.c1cc[cH-]c1.c1cc[cH-]c1. The molecule has 0 radical (unpaired) electrons. The summed E-state index contributed by atoms with van der Waals surface area (Å²) in [6, 6.07) is 88.0. The van der Waals surface area contributed by atoms with Crippen LogP contribution in [0.2, 0.25) is 0 Å². The van der Waals surface area contributed by atoms with Crippen LogP contribution in [0.1, 0.15) is 44.5 Å². The van der Waals surface area contributed by atoms with Crippen LogP contribution in [0.3, 0.4) is 0 Å². The van der Waals surface area contributed by atoms with E-state index in [1.807, 2.05) is 267 Å². The fourth-order valence-corrected chi connectivity index (χ4v) is 4.96. The van der Waals surface area contributed by atoms with Crippen molar-refractivity contribution in [2.75, 3.05) is 0 Å². The van der Waals surface area contributed by atoms with Gasteiger partial charge in [-0.2, -0.15) is 169 Å². The number of hydrogen-bond donors (Lipinski definition) is 0. The van der Waals surface area contributed by atoms with Gasteiger partial charge >= 0.3 is 68.3 Å². The minimum atomic E-state index is 0. The molecular formula is C60H44Fe4. The van der Waals surface area contributed by atoms with Crippen LogP contribution < -0.4 is 0 Å². The third-order valence-corrected chi connectivity index (χ3v) is 8.05. The van der Waals surface area contributed by atoms with E-state index in [0.717, 1.165) is 44.5 Å². The largest absolute Gasteiger partial charge is 2.00 e. The Morgan fingerprint density at radius 2 is 0.391 bits per heavy atom. The molecule has 0 heterocycles. The Hall–Kier alpha value is -6.44. The van der Waals surface area contributed by atoms with E-state index in [4.69, 9.17) is 0 Å². The summed E-state index contributed by atoms with van der Waals surface area (Å²) in [7, 11) is 0. The van der Waals surface area contributed by atoms with Crippen molar-refractivity contribution in [1.29, 1.82) is 0 Å². The van der Waals surface area contributed by atoms with Crippen LogP contribution in [0.5, 0.6) is 0 Å². The zero-order valence-electron chi connectivity index (χ0n) is 34.8. The molecule has 0 bridgehead atoms. The zero-order chi connectivity index (χ0) is 41.4. The van der Waals surface area contributed by atoms with Gasteiger partial charge in [0, 0.05) is 22.3 Å². The fourth-order valence-electron chi connectivity index (χ4n) is 4.96. The monoisotopic (exact) mass is 988 g/mol. The molecule has 0 atom stereocenters. The summed E-state index contributed by atoms with van der Waals surface area (Å²) in [5.74, 6) is 25.1. The second-order valence-corrected chi connectivity index (χ2v) is 12.7. The van der Waals surface area contributed by atoms with Crippen LogP contribution in [-0.2, 0) is 68.3 Å². The molecular weight excluding hydrogens is 944 g/mol. The molecule has 4 heteroatoms. The third-order valence-electron chi connectivity index (χ3n) is 8.05. The standard InChI is InChI=1S/2C20H12.4C5H5.4Fe/c2*1-2-6-17(5-1)9-11-19-13-15-20(16-14-19)12-10-18-7-3-4-8-18;4*1-2-4-5-3-1;;;;/h2*1-8,13-16H;4*1-5H;;;;/q2*-2;4*-1;4*+2. The van der Waals surface area contributed by atoms with Crippen molar-refractivity contribution in [2.45, 2.75) is 0 Å². The Bertz CT molecular complexity index is 2230. The maximum Gasteiger partial charge on any atom is 2.00 e. The minimum Gasteiger partial charge on any atom is -0.214 e. The van der Waals surface area contributed by atoms with E-state index < -0.39 is 0 Å². The summed E-state index contributed by atoms with van der Waals surface area (Å²) < 4.78 is 0. The molecule has 0 saturated heterocycles. The van der Waals surface area contributed by atoms with Crippen LogP contribution in [0.4, 0.5) is 0 Å².